The van der Waals surface area contributed by atoms with Gasteiger partial charge in [0.05, 0.1) is 39.0 Å². The molecule has 0 saturated carbocycles. The second kappa shape index (κ2) is 7.51. The molecule has 3 aliphatic rings. The Balaban J connectivity index is 2.30. The molecule has 0 aromatic rings. The molecular weight excluding hydrogens is 373 g/mol. The van der Waals surface area contributed by atoms with Crippen LogP contribution in [0.5, 0.6) is 0 Å². The first kappa shape index (κ1) is 20.9. The van der Waals surface area contributed by atoms with Crippen LogP contribution in [0.15, 0.2) is 46.1 Å². The minimum absolute atomic E-state index is 0.225. The van der Waals surface area contributed by atoms with Crippen molar-refractivity contribution in [2.45, 2.75) is 52.7 Å². The van der Waals surface area contributed by atoms with E-state index >= 15 is 0 Å². The van der Waals surface area contributed by atoms with Crippen LogP contribution in [0.25, 0.3) is 0 Å². The summed E-state index contributed by atoms with van der Waals surface area (Å²) in [5.41, 5.74) is 4.41. The lowest BCUT2D eigenvalue weighted by Crippen LogP contribution is -2.53. The van der Waals surface area contributed by atoms with Crippen molar-refractivity contribution in [3.8, 4) is 0 Å². The highest BCUT2D eigenvalue weighted by molar-refractivity contribution is 7.83. The van der Waals surface area contributed by atoms with Gasteiger partial charge in [0.2, 0.25) is 5.31 Å². The van der Waals surface area contributed by atoms with Gasteiger partial charge in [0.25, 0.3) is 5.28 Å². The van der Waals surface area contributed by atoms with Crippen molar-refractivity contribution < 1.29 is 19.1 Å². The zero-order valence-electron chi connectivity index (χ0n) is 17.8. The van der Waals surface area contributed by atoms with Crippen LogP contribution in [0.1, 0.15) is 47.5 Å². The molecule has 1 unspecified atom stereocenters. The molecule has 0 amide bonds. The molecular formula is C22H31NO4P+. The number of hydrogen-bond donors (Lipinski definition) is 0. The number of nitrogens with zero attached hydrogens (tertiary/aromatic N) is 1. The first-order valence-electron chi connectivity index (χ1n) is 10.0. The largest absolute Gasteiger partial charge is 0.461 e. The first-order valence-corrected chi connectivity index (χ1v) is 12.5. The van der Waals surface area contributed by atoms with Crippen LogP contribution in [-0.4, -0.2) is 48.2 Å². The summed E-state index contributed by atoms with van der Waals surface area (Å²) in [6.07, 6.45) is 8.24. The second-order valence-corrected chi connectivity index (χ2v) is 11.7. The summed E-state index contributed by atoms with van der Waals surface area (Å²) >= 11 is 0. The zero-order chi connectivity index (χ0) is 20.7. The molecule has 6 heteroatoms. The molecule has 0 saturated heterocycles. The molecule has 0 radical (unpaired) electrons. The summed E-state index contributed by atoms with van der Waals surface area (Å²) < 4.78 is 11.1. The number of rotatable bonds is 5. The SMILES string of the molecule is CCOC(=O)C1=C2C=CC(CC)=CN2[C@@]2(C(=O)OCC)CC(C)=C(C)C[P+]12C. The van der Waals surface area contributed by atoms with Gasteiger partial charge in [0, 0.05) is 12.6 Å². The van der Waals surface area contributed by atoms with Gasteiger partial charge >= 0.3 is 11.9 Å². The predicted molar refractivity (Wildman–Crippen MR) is 113 cm³/mol. The quantitative estimate of drug-likeness (QED) is 0.381. The van der Waals surface area contributed by atoms with Crippen molar-refractivity contribution in [2.24, 2.45) is 0 Å². The van der Waals surface area contributed by atoms with Gasteiger partial charge in [0.1, 0.15) is 0 Å². The third-order valence-electron chi connectivity index (χ3n) is 6.23. The highest BCUT2D eigenvalue weighted by Gasteiger charge is 2.75. The first-order chi connectivity index (χ1) is 13.3. The monoisotopic (exact) mass is 404 g/mol. The molecule has 0 N–H and O–H groups in total. The van der Waals surface area contributed by atoms with E-state index in [1.807, 2.05) is 32.2 Å². The van der Waals surface area contributed by atoms with Crippen LogP contribution in [0, 0.1) is 0 Å². The minimum Gasteiger partial charge on any atom is -0.461 e. The lowest BCUT2D eigenvalue weighted by Gasteiger charge is -2.44. The van der Waals surface area contributed by atoms with E-state index in [0.717, 1.165) is 23.9 Å². The van der Waals surface area contributed by atoms with Crippen molar-refractivity contribution in [1.29, 1.82) is 0 Å². The molecule has 0 aliphatic carbocycles. The Morgan fingerprint density at radius 2 is 1.79 bits per heavy atom. The number of carbonyl (C=O) groups is 2. The lowest BCUT2D eigenvalue weighted by atomic mass is 9.99. The highest BCUT2D eigenvalue weighted by atomic mass is 31.2. The number of ether oxygens (including phenoxy) is 2. The van der Waals surface area contributed by atoms with Crippen LogP contribution in [-0.2, 0) is 19.1 Å². The average Bonchev–Trinajstić information content (AvgIpc) is 2.87. The van der Waals surface area contributed by atoms with E-state index in [1.54, 1.807) is 0 Å². The standard InChI is InChI=1S/C22H31NO4P/c1-7-17-10-11-18-19(20(24)26-8-2)28(6)14-16(5)15(4)12-22(28,23(18)13-17)21(25)27-9-3/h10-11,13H,7-9,12,14H2,1-6H3/q+1/t22-,28?/m0/s1. The molecule has 0 spiro atoms. The third-order valence-corrected chi connectivity index (χ3v) is 10.9. The molecule has 152 valence electrons. The molecule has 5 nitrogen and oxygen atoms in total. The molecule has 3 heterocycles. The molecule has 0 aromatic heterocycles. The summed E-state index contributed by atoms with van der Waals surface area (Å²) in [6.45, 7) is 12.7. The summed E-state index contributed by atoms with van der Waals surface area (Å²) in [5.74, 6) is -0.522. The summed E-state index contributed by atoms with van der Waals surface area (Å²) in [6, 6.07) is 0. The van der Waals surface area contributed by atoms with Gasteiger partial charge in [-0.1, -0.05) is 18.6 Å². The normalized spacial score (nSPS) is 28.8. The second-order valence-electron chi connectivity index (χ2n) is 7.84. The van der Waals surface area contributed by atoms with E-state index < -0.39 is 12.5 Å². The maximum absolute atomic E-state index is 13.5. The van der Waals surface area contributed by atoms with Crippen molar-refractivity contribution in [2.75, 3.05) is 26.0 Å². The van der Waals surface area contributed by atoms with Gasteiger partial charge in [-0.25, -0.2) is 9.59 Å². The number of hydrogen-bond acceptors (Lipinski definition) is 5. The Bertz CT molecular complexity index is 837. The van der Waals surface area contributed by atoms with E-state index in [1.165, 1.54) is 11.1 Å². The predicted octanol–water partition coefficient (Wildman–Crippen LogP) is 4.59. The van der Waals surface area contributed by atoms with Gasteiger partial charge in [-0.05, 0) is 51.3 Å². The van der Waals surface area contributed by atoms with Crippen molar-refractivity contribution >= 4 is 19.2 Å². The molecule has 0 bridgehead atoms. The van der Waals surface area contributed by atoms with Crippen LogP contribution in [0.3, 0.4) is 0 Å². The maximum atomic E-state index is 13.5. The molecule has 0 aromatic carbocycles. The Labute approximate surface area is 168 Å². The van der Waals surface area contributed by atoms with Crippen molar-refractivity contribution in [1.82, 2.24) is 4.90 Å². The third kappa shape index (κ3) is 2.78. The van der Waals surface area contributed by atoms with Gasteiger partial charge < -0.3 is 9.47 Å². The lowest BCUT2D eigenvalue weighted by molar-refractivity contribution is -0.150. The minimum atomic E-state index is -2.27. The molecule has 0 fully saturated rings. The summed E-state index contributed by atoms with van der Waals surface area (Å²) in [4.78, 5) is 28.7. The van der Waals surface area contributed by atoms with Crippen LogP contribution >= 0.6 is 7.26 Å². The van der Waals surface area contributed by atoms with E-state index in [2.05, 4.69) is 32.3 Å². The highest BCUT2D eigenvalue weighted by Crippen LogP contribution is 2.82. The fraction of sp³-hybridized carbons (Fsp3) is 0.545. The Morgan fingerprint density at radius 3 is 2.39 bits per heavy atom. The Kier molecular flexibility index (Phi) is 5.60. The van der Waals surface area contributed by atoms with Crippen LogP contribution < -0.4 is 0 Å². The van der Waals surface area contributed by atoms with Crippen molar-refractivity contribution in [3.05, 3.63) is 46.1 Å². The van der Waals surface area contributed by atoms with Gasteiger partial charge in [-0.3, -0.25) is 4.90 Å². The summed E-state index contributed by atoms with van der Waals surface area (Å²) in [7, 11) is -2.27. The van der Waals surface area contributed by atoms with Crippen LogP contribution in [0.4, 0.5) is 0 Å². The van der Waals surface area contributed by atoms with Crippen molar-refractivity contribution in [3.63, 3.8) is 0 Å². The van der Waals surface area contributed by atoms with E-state index in [4.69, 9.17) is 9.47 Å². The maximum Gasteiger partial charge on any atom is 0.375 e. The average molecular weight is 404 g/mol. The Morgan fingerprint density at radius 1 is 1.11 bits per heavy atom. The number of carbonyl (C=O) groups excluding carboxylic acids is 2. The zero-order valence-corrected chi connectivity index (χ0v) is 18.7. The summed E-state index contributed by atoms with van der Waals surface area (Å²) in [5, 5.41) is -0.174. The molecule has 2 atom stereocenters. The fourth-order valence-electron chi connectivity index (χ4n) is 4.65. The van der Waals surface area contributed by atoms with Gasteiger partial charge in [-0.15, -0.1) is 0 Å². The molecule has 3 aliphatic heterocycles. The fourth-order valence-corrected chi connectivity index (χ4v) is 9.51. The van der Waals surface area contributed by atoms with E-state index in [-0.39, 0.29) is 11.9 Å². The van der Waals surface area contributed by atoms with Crippen LogP contribution in [0.2, 0.25) is 0 Å². The molecule has 3 rings (SSSR count). The number of allylic oxidation sites excluding steroid dienone is 4. The smallest absolute Gasteiger partial charge is 0.375 e. The van der Waals surface area contributed by atoms with E-state index in [9.17, 15) is 9.59 Å². The van der Waals surface area contributed by atoms with Gasteiger partial charge in [-0.2, -0.15) is 0 Å². The Hall–Kier alpha value is -1.87. The number of esters is 2. The molecule has 28 heavy (non-hydrogen) atoms. The topological polar surface area (TPSA) is 55.8 Å². The van der Waals surface area contributed by atoms with Gasteiger partial charge in [0.15, 0.2) is 0 Å². The van der Waals surface area contributed by atoms with E-state index in [0.29, 0.717) is 24.9 Å². The number of fused-ring (bicyclic) bond motifs is 3.